The van der Waals surface area contributed by atoms with Gasteiger partial charge in [-0.25, -0.2) is 15.0 Å². The average molecular weight is 806 g/mol. The zero-order chi connectivity index (χ0) is 41.2. The van der Waals surface area contributed by atoms with Crippen molar-refractivity contribution in [3.05, 3.63) is 188 Å². The number of fused-ring (bicyclic) bond motifs is 15. The summed E-state index contributed by atoms with van der Waals surface area (Å²) in [5.74, 6) is 1.69. The van der Waals surface area contributed by atoms with E-state index in [9.17, 15) is 0 Å². The summed E-state index contributed by atoms with van der Waals surface area (Å²) in [4.78, 5) is 15.7. The fourth-order valence-electron chi connectivity index (χ4n) is 9.76. The lowest BCUT2D eigenvalue weighted by atomic mass is 9.93. The van der Waals surface area contributed by atoms with E-state index in [1.54, 1.807) is 0 Å². The number of para-hydroxylation sites is 2. The monoisotopic (exact) mass is 805 g/mol. The molecule has 63 heavy (non-hydrogen) atoms. The molecular formula is C57H31N3O3. The molecule has 14 aromatic rings. The molecule has 10 aromatic carbocycles. The fourth-order valence-corrected chi connectivity index (χ4v) is 9.76. The van der Waals surface area contributed by atoms with Crippen molar-refractivity contribution in [1.29, 1.82) is 0 Å². The smallest absolute Gasteiger partial charge is 0.164 e. The molecule has 6 heteroatoms. The first kappa shape index (κ1) is 34.1. The Hall–Kier alpha value is -8.61. The fraction of sp³-hybridized carbons (Fsp3) is 0. The minimum absolute atomic E-state index is 0.547. The molecule has 0 fully saturated rings. The molecule has 4 aromatic heterocycles. The second-order valence-electron chi connectivity index (χ2n) is 16.3. The molecule has 0 aliphatic rings. The maximum atomic E-state index is 6.65. The minimum atomic E-state index is 0.547. The van der Waals surface area contributed by atoms with E-state index in [0.717, 1.165) is 99.0 Å². The molecule has 0 saturated carbocycles. The highest BCUT2D eigenvalue weighted by Crippen LogP contribution is 2.41. The van der Waals surface area contributed by atoms with Crippen molar-refractivity contribution in [1.82, 2.24) is 15.0 Å². The van der Waals surface area contributed by atoms with Crippen molar-refractivity contribution in [3.63, 3.8) is 0 Å². The Kier molecular flexibility index (Phi) is 7.02. The average Bonchev–Trinajstić information content (AvgIpc) is 4.04. The highest BCUT2D eigenvalue weighted by Gasteiger charge is 2.20. The van der Waals surface area contributed by atoms with Gasteiger partial charge >= 0.3 is 0 Å². The Labute approximate surface area is 358 Å². The molecule has 0 unspecified atom stereocenters. The van der Waals surface area contributed by atoms with Gasteiger partial charge in [0.25, 0.3) is 0 Å². The van der Waals surface area contributed by atoms with E-state index in [1.165, 1.54) is 26.9 Å². The Morgan fingerprint density at radius 1 is 0.238 bits per heavy atom. The van der Waals surface area contributed by atoms with Crippen molar-refractivity contribution in [2.75, 3.05) is 0 Å². The van der Waals surface area contributed by atoms with E-state index >= 15 is 0 Å². The van der Waals surface area contributed by atoms with Gasteiger partial charge in [-0.3, -0.25) is 0 Å². The number of furan rings is 3. The third-order valence-electron chi connectivity index (χ3n) is 12.7. The predicted octanol–water partition coefficient (Wildman–Crippen LogP) is 15.7. The lowest BCUT2D eigenvalue weighted by Crippen LogP contribution is -2.00. The summed E-state index contributed by atoms with van der Waals surface area (Å²) in [6.45, 7) is 0. The third-order valence-corrected chi connectivity index (χ3v) is 12.7. The first-order valence-electron chi connectivity index (χ1n) is 21.1. The van der Waals surface area contributed by atoms with E-state index in [-0.39, 0.29) is 0 Å². The minimum Gasteiger partial charge on any atom is -0.456 e. The number of aromatic nitrogens is 3. The SMILES string of the molecule is c1ccc2c(c1)oc1cc(-c3ccc4c(c3)oc3cc(-c5nc(-c6ccc7c8ccccc8c8ccccc8c7c6)nc(-c6cccc7oc8ccccc8c67)n5)ccc34)ccc12. The van der Waals surface area contributed by atoms with Crippen LogP contribution in [0.3, 0.4) is 0 Å². The molecule has 0 N–H and O–H groups in total. The van der Waals surface area contributed by atoms with Crippen LogP contribution in [0.15, 0.2) is 201 Å². The lowest BCUT2D eigenvalue weighted by molar-refractivity contribution is 0.668. The maximum absolute atomic E-state index is 6.65. The van der Waals surface area contributed by atoms with Crippen molar-refractivity contribution in [3.8, 4) is 45.3 Å². The molecular weight excluding hydrogens is 775 g/mol. The van der Waals surface area contributed by atoms with Crippen molar-refractivity contribution >= 4 is 98.1 Å². The van der Waals surface area contributed by atoms with Gasteiger partial charge in [-0.1, -0.05) is 127 Å². The Morgan fingerprint density at radius 2 is 0.619 bits per heavy atom. The largest absolute Gasteiger partial charge is 0.456 e. The first-order valence-corrected chi connectivity index (χ1v) is 21.1. The Bertz CT molecular complexity index is 4200. The predicted molar refractivity (Wildman–Crippen MR) is 256 cm³/mol. The molecule has 0 spiro atoms. The van der Waals surface area contributed by atoms with Crippen LogP contribution < -0.4 is 0 Å². The van der Waals surface area contributed by atoms with Gasteiger partial charge in [0.1, 0.15) is 33.5 Å². The number of nitrogens with zero attached hydrogens (tertiary/aromatic N) is 3. The van der Waals surface area contributed by atoms with Crippen LogP contribution in [0, 0.1) is 0 Å². The number of hydrogen-bond acceptors (Lipinski definition) is 6. The molecule has 292 valence electrons. The van der Waals surface area contributed by atoms with E-state index in [0.29, 0.717) is 17.5 Å². The van der Waals surface area contributed by atoms with Crippen molar-refractivity contribution in [2.24, 2.45) is 0 Å². The van der Waals surface area contributed by atoms with Crippen LogP contribution >= 0.6 is 0 Å². The Balaban J connectivity index is 0.945. The quantitative estimate of drug-likeness (QED) is 0.165. The van der Waals surface area contributed by atoms with Crippen LogP contribution in [0.25, 0.3) is 143 Å². The third kappa shape index (κ3) is 5.15. The number of rotatable bonds is 4. The van der Waals surface area contributed by atoms with Gasteiger partial charge in [-0.15, -0.1) is 0 Å². The number of hydrogen-bond donors (Lipinski definition) is 0. The molecule has 0 radical (unpaired) electrons. The zero-order valence-electron chi connectivity index (χ0n) is 33.5. The second kappa shape index (κ2) is 12.9. The molecule has 0 aliphatic carbocycles. The summed E-state index contributed by atoms with van der Waals surface area (Å²) in [5.41, 5.74) is 9.60. The van der Waals surface area contributed by atoms with Crippen LogP contribution in [-0.2, 0) is 0 Å². The number of benzene rings is 10. The van der Waals surface area contributed by atoms with Gasteiger partial charge in [-0.2, -0.15) is 0 Å². The molecule has 4 heterocycles. The van der Waals surface area contributed by atoms with Crippen LogP contribution in [0.2, 0.25) is 0 Å². The van der Waals surface area contributed by atoms with Crippen LogP contribution in [0.5, 0.6) is 0 Å². The van der Waals surface area contributed by atoms with Gasteiger partial charge in [-0.05, 0) is 104 Å². The molecule has 0 atom stereocenters. The first-order chi connectivity index (χ1) is 31.2. The topological polar surface area (TPSA) is 78.1 Å². The van der Waals surface area contributed by atoms with Gasteiger partial charge in [0, 0.05) is 49.0 Å². The normalized spacial score (nSPS) is 12.1. The molecule has 6 nitrogen and oxygen atoms in total. The van der Waals surface area contributed by atoms with Crippen LogP contribution in [-0.4, -0.2) is 15.0 Å². The van der Waals surface area contributed by atoms with Crippen LogP contribution in [0.1, 0.15) is 0 Å². The standard InChI is InChI=1S/C57H31N3O3/c1-2-12-38-36(10-1)37-11-3-4-13-39(37)47-28-34(22-24-40(38)47)55-58-56(60-57(59-55)46-16-9-19-50-54(46)45-15-6-8-18-49(45)61-50)35-23-27-44-43-26-21-33(30-52(43)63-53(44)31-35)32-20-25-42-41-14-5-7-17-48(41)62-51(42)29-32/h1-31H. The molecule has 14 rings (SSSR count). The van der Waals surface area contributed by atoms with Gasteiger partial charge < -0.3 is 13.3 Å². The molecule has 0 amide bonds. The van der Waals surface area contributed by atoms with E-state index in [1.807, 2.05) is 54.6 Å². The molecule has 0 bridgehead atoms. The van der Waals surface area contributed by atoms with Gasteiger partial charge in [0.2, 0.25) is 0 Å². The summed E-state index contributed by atoms with van der Waals surface area (Å²) >= 11 is 0. The summed E-state index contributed by atoms with van der Waals surface area (Å²) in [6, 6.07) is 65.2. The highest BCUT2D eigenvalue weighted by atomic mass is 16.3. The molecule has 0 aliphatic heterocycles. The lowest BCUT2D eigenvalue weighted by Gasteiger charge is -2.13. The summed E-state index contributed by atoms with van der Waals surface area (Å²) < 4.78 is 19.2. The summed E-state index contributed by atoms with van der Waals surface area (Å²) in [7, 11) is 0. The van der Waals surface area contributed by atoms with Gasteiger partial charge in [0.15, 0.2) is 17.5 Å². The van der Waals surface area contributed by atoms with E-state index in [2.05, 4.69) is 133 Å². The van der Waals surface area contributed by atoms with Crippen LogP contribution in [0.4, 0.5) is 0 Å². The zero-order valence-corrected chi connectivity index (χ0v) is 33.5. The Morgan fingerprint density at radius 3 is 1.24 bits per heavy atom. The maximum Gasteiger partial charge on any atom is 0.164 e. The summed E-state index contributed by atoms with van der Waals surface area (Å²) in [6.07, 6.45) is 0. The highest BCUT2D eigenvalue weighted by molar-refractivity contribution is 6.25. The van der Waals surface area contributed by atoms with E-state index < -0.39 is 0 Å². The second-order valence-corrected chi connectivity index (χ2v) is 16.3. The van der Waals surface area contributed by atoms with Crippen molar-refractivity contribution < 1.29 is 13.3 Å². The van der Waals surface area contributed by atoms with Gasteiger partial charge in [0.05, 0.1) is 0 Å². The molecule has 0 saturated heterocycles. The van der Waals surface area contributed by atoms with Crippen molar-refractivity contribution in [2.45, 2.75) is 0 Å². The van der Waals surface area contributed by atoms with E-state index in [4.69, 9.17) is 28.2 Å². The summed E-state index contributed by atoms with van der Waals surface area (Å²) in [5, 5.41) is 13.4.